The van der Waals surface area contributed by atoms with Gasteiger partial charge in [0, 0.05) is 41.1 Å². The van der Waals surface area contributed by atoms with Crippen LogP contribution in [0.3, 0.4) is 0 Å². The van der Waals surface area contributed by atoms with Crippen molar-refractivity contribution in [2.24, 2.45) is 11.7 Å². The van der Waals surface area contributed by atoms with Gasteiger partial charge in [0.1, 0.15) is 5.01 Å². The Bertz CT molecular complexity index is 594. The quantitative estimate of drug-likeness (QED) is 0.870. The molecule has 0 saturated carbocycles. The first kappa shape index (κ1) is 16.9. The van der Waals surface area contributed by atoms with Crippen molar-refractivity contribution in [1.29, 1.82) is 0 Å². The van der Waals surface area contributed by atoms with Gasteiger partial charge >= 0.3 is 0 Å². The van der Waals surface area contributed by atoms with Crippen molar-refractivity contribution in [1.82, 2.24) is 9.88 Å². The van der Waals surface area contributed by atoms with Gasteiger partial charge in [0.25, 0.3) is 0 Å². The highest BCUT2D eigenvalue weighted by molar-refractivity contribution is 9.10. The molecule has 0 amide bonds. The fourth-order valence-corrected chi connectivity index (χ4v) is 3.79. The van der Waals surface area contributed by atoms with Gasteiger partial charge in [-0.1, -0.05) is 35.0 Å². The molecule has 2 N–H and O–H groups in total. The van der Waals surface area contributed by atoms with Crippen LogP contribution in [0, 0.1) is 5.92 Å². The van der Waals surface area contributed by atoms with Gasteiger partial charge in [0.2, 0.25) is 0 Å². The molecule has 6 heteroatoms. The molecule has 114 valence electrons. The summed E-state index contributed by atoms with van der Waals surface area (Å²) in [7, 11) is 0. The van der Waals surface area contributed by atoms with Crippen LogP contribution in [0.5, 0.6) is 0 Å². The lowest BCUT2D eigenvalue weighted by atomic mass is 10.1. The molecule has 2 aromatic rings. The third-order valence-corrected chi connectivity index (χ3v) is 5.19. The molecule has 1 saturated heterocycles. The number of nitrogens with two attached hydrogens (primary N) is 1. The fraction of sp³-hybridized carbons (Fsp3) is 0.400. The summed E-state index contributed by atoms with van der Waals surface area (Å²) in [6.07, 6.45) is 0. The average Bonchev–Trinajstić information content (AvgIpc) is 2.98. The number of likely N-dealkylation sites (tertiary alicyclic amines) is 1. The van der Waals surface area contributed by atoms with Crippen molar-refractivity contribution in [2.75, 3.05) is 13.1 Å². The molecule has 0 radical (unpaired) electrons. The second kappa shape index (κ2) is 7.20. The maximum absolute atomic E-state index is 6.07. The van der Waals surface area contributed by atoms with Gasteiger partial charge in [-0.3, -0.25) is 4.90 Å². The van der Waals surface area contributed by atoms with E-state index in [9.17, 15) is 0 Å². The van der Waals surface area contributed by atoms with Crippen molar-refractivity contribution < 1.29 is 0 Å². The average molecular weight is 389 g/mol. The maximum atomic E-state index is 6.07. The molecule has 3 nitrogen and oxygen atoms in total. The minimum Gasteiger partial charge on any atom is -0.326 e. The lowest BCUT2D eigenvalue weighted by molar-refractivity contribution is 0.315. The molecule has 0 spiro atoms. The third kappa shape index (κ3) is 4.05. The molecule has 2 heterocycles. The van der Waals surface area contributed by atoms with E-state index in [2.05, 4.69) is 45.3 Å². The van der Waals surface area contributed by atoms with E-state index in [1.165, 1.54) is 5.56 Å². The summed E-state index contributed by atoms with van der Waals surface area (Å²) in [5, 5.41) is 3.24. The summed E-state index contributed by atoms with van der Waals surface area (Å²) in [4.78, 5) is 7.15. The standard InChI is InChI=1S/C15H18BrN3S.ClH/c1-10-6-19(8-14(10)17)7-13-9-20-15(18-13)11-3-2-4-12(16)5-11;/h2-5,9-10,14H,6-8,17H2,1H3;1H. The molecule has 1 aliphatic heterocycles. The molecule has 1 aromatic carbocycles. The van der Waals surface area contributed by atoms with Crippen LogP contribution in [-0.2, 0) is 6.54 Å². The first-order valence-electron chi connectivity index (χ1n) is 6.80. The number of hydrogen-bond acceptors (Lipinski definition) is 4. The van der Waals surface area contributed by atoms with E-state index < -0.39 is 0 Å². The Hall–Kier alpha value is -0.460. The molecule has 0 bridgehead atoms. The summed E-state index contributed by atoms with van der Waals surface area (Å²) in [5.41, 5.74) is 8.38. The summed E-state index contributed by atoms with van der Waals surface area (Å²) in [5.74, 6) is 0.582. The number of hydrogen-bond donors (Lipinski definition) is 1. The van der Waals surface area contributed by atoms with Crippen LogP contribution in [0.15, 0.2) is 34.1 Å². The molecule has 21 heavy (non-hydrogen) atoms. The number of nitrogens with zero attached hydrogens (tertiary/aromatic N) is 2. The zero-order valence-corrected chi connectivity index (χ0v) is 15.0. The summed E-state index contributed by atoms with van der Waals surface area (Å²) in [6.45, 7) is 5.18. The Balaban J connectivity index is 0.00000161. The lowest BCUT2D eigenvalue weighted by Crippen LogP contribution is -2.28. The maximum Gasteiger partial charge on any atom is 0.123 e. The Labute approximate surface area is 144 Å². The van der Waals surface area contributed by atoms with E-state index in [1.54, 1.807) is 11.3 Å². The van der Waals surface area contributed by atoms with Crippen LogP contribution in [0.1, 0.15) is 12.6 Å². The van der Waals surface area contributed by atoms with Gasteiger partial charge < -0.3 is 5.73 Å². The topological polar surface area (TPSA) is 42.2 Å². The van der Waals surface area contributed by atoms with E-state index >= 15 is 0 Å². The molecule has 1 aromatic heterocycles. The summed E-state index contributed by atoms with van der Waals surface area (Å²) >= 11 is 5.21. The van der Waals surface area contributed by atoms with Crippen molar-refractivity contribution in [3.05, 3.63) is 39.8 Å². The number of benzene rings is 1. The Morgan fingerprint density at radius 3 is 2.90 bits per heavy atom. The highest BCUT2D eigenvalue weighted by Gasteiger charge is 2.26. The molecule has 2 unspecified atom stereocenters. The zero-order valence-electron chi connectivity index (χ0n) is 11.8. The zero-order chi connectivity index (χ0) is 14.1. The highest BCUT2D eigenvalue weighted by atomic mass is 79.9. The van der Waals surface area contributed by atoms with Crippen LogP contribution in [0.25, 0.3) is 10.6 Å². The molecule has 3 rings (SSSR count). The number of halogens is 2. The fourth-order valence-electron chi connectivity index (χ4n) is 2.59. The summed E-state index contributed by atoms with van der Waals surface area (Å²) < 4.78 is 1.09. The van der Waals surface area contributed by atoms with Gasteiger partial charge in [-0.05, 0) is 18.1 Å². The van der Waals surface area contributed by atoms with Crippen molar-refractivity contribution >= 4 is 39.7 Å². The smallest absolute Gasteiger partial charge is 0.123 e. The Morgan fingerprint density at radius 1 is 1.43 bits per heavy atom. The van der Waals surface area contributed by atoms with Gasteiger partial charge in [-0.25, -0.2) is 4.98 Å². The third-order valence-electron chi connectivity index (χ3n) is 3.76. The van der Waals surface area contributed by atoms with Crippen molar-refractivity contribution in [3.8, 4) is 10.6 Å². The minimum atomic E-state index is 0. The molecule has 1 aliphatic rings. The molecule has 0 aliphatic carbocycles. The predicted octanol–water partition coefficient (Wildman–Crippen LogP) is 3.77. The minimum absolute atomic E-state index is 0. The number of thiazole rings is 1. The van der Waals surface area contributed by atoms with Crippen LogP contribution < -0.4 is 5.73 Å². The van der Waals surface area contributed by atoms with E-state index in [0.29, 0.717) is 12.0 Å². The molecular weight excluding hydrogens is 370 g/mol. The first-order valence-corrected chi connectivity index (χ1v) is 8.47. The second-order valence-electron chi connectivity index (χ2n) is 5.49. The van der Waals surface area contributed by atoms with Crippen LogP contribution in [0.2, 0.25) is 0 Å². The van der Waals surface area contributed by atoms with Crippen LogP contribution in [-0.4, -0.2) is 29.0 Å². The molecular formula is C15H19BrClN3S. The lowest BCUT2D eigenvalue weighted by Gasteiger charge is -2.12. The van der Waals surface area contributed by atoms with Crippen LogP contribution >= 0.6 is 39.7 Å². The van der Waals surface area contributed by atoms with Crippen molar-refractivity contribution in [2.45, 2.75) is 19.5 Å². The van der Waals surface area contributed by atoms with Gasteiger partial charge in [-0.2, -0.15) is 0 Å². The first-order chi connectivity index (χ1) is 9.61. The van der Waals surface area contributed by atoms with Crippen molar-refractivity contribution in [3.63, 3.8) is 0 Å². The monoisotopic (exact) mass is 387 g/mol. The Kier molecular flexibility index (Phi) is 5.80. The normalized spacial score (nSPS) is 22.2. The van der Waals surface area contributed by atoms with E-state index in [-0.39, 0.29) is 12.4 Å². The van der Waals surface area contributed by atoms with Gasteiger partial charge in [0.05, 0.1) is 5.69 Å². The second-order valence-corrected chi connectivity index (χ2v) is 7.26. The number of rotatable bonds is 3. The highest BCUT2D eigenvalue weighted by Crippen LogP contribution is 2.27. The predicted molar refractivity (Wildman–Crippen MR) is 94.9 cm³/mol. The Morgan fingerprint density at radius 2 is 2.24 bits per heavy atom. The SMILES string of the molecule is CC1CN(Cc2csc(-c3cccc(Br)c3)n2)CC1N.Cl. The van der Waals surface area contributed by atoms with E-state index in [0.717, 1.165) is 34.8 Å². The summed E-state index contributed by atoms with van der Waals surface area (Å²) in [6, 6.07) is 8.59. The largest absolute Gasteiger partial charge is 0.326 e. The number of aromatic nitrogens is 1. The van der Waals surface area contributed by atoms with E-state index in [4.69, 9.17) is 10.7 Å². The van der Waals surface area contributed by atoms with Gasteiger partial charge in [0.15, 0.2) is 0 Å². The van der Waals surface area contributed by atoms with Gasteiger partial charge in [-0.15, -0.1) is 23.7 Å². The van der Waals surface area contributed by atoms with Crippen LogP contribution in [0.4, 0.5) is 0 Å². The molecule has 2 atom stereocenters. The molecule has 1 fully saturated rings. The van der Waals surface area contributed by atoms with E-state index in [1.807, 2.05) is 12.1 Å².